The highest BCUT2D eigenvalue weighted by molar-refractivity contribution is 7.80. The quantitative estimate of drug-likeness (QED) is 0.426. The number of thiocarbonyl (C=S) groups is 1. The Labute approximate surface area is 178 Å². The third kappa shape index (κ3) is 3.99. The van der Waals surface area contributed by atoms with Gasteiger partial charge in [0.2, 0.25) is 5.91 Å². The Bertz CT molecular complexity index is 1070. The fourth-order valence-corrected chi connectivity index (χ4v) is 3.84. The monoisotopic (exact) mass is 426 g/mol. The topological polar surface area (TPSA) is 92.7 Å². The van der Waals surface area contributed by atoms with E-state index in [0.29, 0.717) is 12.1 Å². The van der Waals surface area contributed by atoms with Crippen molar-refractivity contribution in [3.05, 3.63) is 41.6 Å². The van der Waals surface area contributed by atoms with Crippen molar-refractivity contribution in [1.82, 2.24) is 20.1 Å². The standard InChI is InChI=1S/C21H22N4O4S/c1-24-20(28)16(19(27)23-21(24)30)9-13-11-25(17-7-3-2-6-15(13)17)12-18(26)22-10-14-5-4-8-29-14/h2-3,6-7,9,11,14H,4-5,8,10,12H2,1H3,(H,22,26)(H,23,27,30)/b16-9-/t14-/m1/s1. The molecule has 2 N–H and O–H groups in total. The number of aromatic nitrogens is 1. The Morgan fingerprint density at radius 3 is 2.93 bits per heavy atom. The molecule has 3 amide bonds. The second-order valence-electron chi connectivity index (χ2n) is 7.35. The average molecular weight is 426 g/mol. The minimum absolute atomic E-state index is 0.00293. The zero-order valence-electron chi connectivity index (χ0n) is 16.5. The number of carbonyl (C=O) groups is 3. The van der Waals surface area contributed by atoms with Crippen molar-refractivity contribution >= 4 is 52.0 Å². The molecule has 2 aliphatic rings. The summed E-state index contributed by atoms with van der Waals surface area (Å²) in [5, 5.41) is 6.34. The molecule has 1 aromatic carbocycles. The summed E-state index contributed by atoms with van der Waals surface area (Å²) >= 11 is 4.98. The Balaban J connectivity index is 1.59. The molecule has 2 aromatic rings. The van der Waals surface area contributed by atoms with Gasteiger partial charge in [0.1, 0.15) is 12.1 Å². The van der Waals surface area contributed by atoms with Crippen LogP contribution < -0.4 is 10.6 Å². The van der Waals surface area contributed by atoms with Crippen LogP contribution in [0.25, 0.3) is 17.0 Å². The number of benzene rings is 1. The number of nitrogens with zero attached hydrogens (tertiary/aromatic N) is 2. The lowest BCUT2D eigenvalue weighted by Gasteiger charge is -2.24. The highest BCUT2D eigenvalue weighted by Crippen LogP contribution is 2.25. The maximum Gasteiger partial charge on any atom is 0.265 e. The number of nitrogens with one attached hydrogen (secondary N) is 2. The van der Waals surface area contributed by atoms with Crippen molar-refractivity contribution in [3.63, 3.8) is 0 Å². The Morgan fingerprint density at radius 1 is 1.37 bits per heavy atom. The molecule has 2 aliphatic heterocycles. The lowest BCUT2D eigenvalue weighted by Crippen LogP contribution is -2.52. The summed E-state index contributed by atoms with van der Waals surface area (Å²) in [5.74, 6) is -1.12. The summed E-state index contributed by atoms with van der Waals surface area (Å²) in [6, 6.07) is 7.54. The Morgan fingerprint density at radius 2 is 2.17 bits per heavy atom. The number of hydrogen-bond acceptors (Lipinski definition) is 5. The zero-order valence-corrected chi connectivity index (χ0v) is 17.3. The second kappa shape index (κ2) is 8.37. The van der Waals surface area contributed by atoms with E-state index >= 15 is 0 Å². The molecule has 8 nitrogen and oxygen atoms in total. The van der Waals surface area contributed by atoms with E-state index in [4.69, 9.17) is 17.0 Å². The van der Waals surface area contributed by atoms with Crippen LogP contribution in [0, 0.1) is 0 Å². The molecular formula is C21H22N4O4S. The van der Waals surface area contributed by atoms with Gasteiger partial charge in [0.05, 0.1) is 6.10 Å². The van der Waals surface area contributed by atoms with Gasteiger partial charge in [-0.25, -0.2) is 0 Å². The number of likely N-dealkylation sites (N-methyl/N-ethyl adjacent to an activating group) is 1. The molecule has 0 spiro atoms. The predicted molar refractivity (Wildman–Crippen MR) is 115 cm³/mol. The molecule has 3 heterocycles. The molecule has 0 aliphatic carbocycles. The van der Waals surface area contributed by atoms with Crippen LogP contribution >= 0.6 is 12.2 Å². The summed E-state index contributed by atoms with van der Waals surface area (Å²) in [4.78, 5) is 38.5. The summed E-state index contributed by atoms with van der Waals surface area (Å²) < 4.78 is 7.35. The van der Waals surface area contributed by atoms with Gasteiger partial charge < -0.3 is 14.6 Å². The fraction of sp³-hybridized carbons (Fsp3) is 0.333. The van der Waals surface area contributed by atoms with Gasteiger partial charge >= 0.3 is 0 Å². The minimum atomic E-state index is -0.533. The van der Waals surface area contributed by atoms with Crippen LogP contribution in [0.1, 0.15) is 18.4 Å². The van der Waals surface area contributed by atoms with Crippen LogP contribution in [0.3, 0.4) is 0 Å². The number of ether oxygens (including phenoxy) is 1. The van der Waals surface area contributed by atoms with Crippen molar-refractivity contribution in [2.24, 2.45) is 0 Å². The maximum absolute atomic E-state index is 12.5. The average Bonchev–Trinajstić information content (AvgIpc) is 3.37. The molecule has 1 aromatic heterocycles. The lowest BCUT2D eigenvalue weighted by atomic mass is 10.1. The van der Waals surface area contributed by atoms with Crippen LogP contribution in [0.2, 0.25) is 0 Å². The van der Waals surface area contributed by atoms with Crippen molar-refractivity contribution in [1.29, 1.82) is 0 Å². The molecule has 4 rings (SSSR count). The first-order valence-electron chi connectivity index (χ1n) is 9.75. The Kier molecular flexibility index (Phi) is 5.65. The number of fused-ring (bicyclic) bond motifs is 1. The third-order valence-corrected chi connectivity index (χ3v) is 5.66. The van der Waals surface area contributed by atoms with E-state index in [2.05, 4.69) is 10.6 Å². The third-order valence-electron chi connectivity index (χ3n) is 5.29. The van der Waals surface area contributed by atoms with Crippen molar-refractivity contribution in [3.8, 4) is 0 Å². The van der Waals surface area contributed by atoms with E-state index in [0.717, 1.165) is 30.4 Å². The molecule has 2 saturated heterocycles. The molecule has 0 unspecified atom stereocenters. The highest BCUT2D eigenvalue weighted by Gasteiger charge is 2.31. The molecule has 1 atom stereocenters. The maximum atomic E-state index is 12.5. The molecule has 156 valence electrons. The van der Waals surface area contributed by atoms with Gasteiger partial charge in [0, 0.05) is 42.9 Å². The molecule has 0 bridgehead atoms. The number of carbonyl (C=O) groups excluding carboxylic acids is 3. The molecule has 0 saturated carbocycles. The van der Waals surface area contributed by atoms with Crippen LogP contribution in [-0.2, 0) is 25.7 Å². The zero-order chi connectivity index (χ0) is 21.3. The lowest BCUT2D eigenvalue weighted by molar-refractivity contribution is -0.128. The van der Waals surface area contributed by atoms with Crippen molar-refractivity contribution in [2.45, 2.75) is 25.5 Å². The van der Waals surface area contributed by atoms with E-state index < -0.39 is 11.8 Å². The van der Waals surface area contributed by atoms with Crippen LogP contribution in [-0.4, -0.2) is 58.6 Å². The molecule has 30 heavy (non-hydrogen) atoms. The molecule has 2 fully saturated rings. The van der Waals surface area contributed by atoms with E-state index in [-0.39, 0.29) is 29.2 Å². The smallest absolute Gasteiger partial charge is 0.265 e. The molecule has 9 heteroatoms. The van der Waals surface area contributed by atoms with Crippen LogP contribution in [0.15, 0.2) is 36.0 Å². The van der Waals surface area contributed by atoms with Gasteiger partial charge in [-0.1, -0.05) is 18.2 Å². The first-order chi connectivity index (χ1) is 14.4. The Hall–Kier alpha value is -3.04. The highest BCUT2D eigenvalue weighted by atomic mass is 32.1. The summed E-state index contributed by atoms with van der Waals surface area (Å²) in [5.41, 5.74) is 1.51. The normalized spacial score (nSPS) is 20.8. The van der Waals surface area contributed by atoms with Crippen LogP contribution in [0.5, 0.6) is 0 Å². The first-order valence-corrected chi connectivity index (χ1v) is 10.2. The van der Waals surface area contributed by atoms with E-state index in [1.165, 1.54) is 11.9 Å². The number of para-hydroxylation sites is 1. The van der Waals surface area contributed by atoms with Crippen LogP contribution in [0.4, 0.5) is 0 Å². The first kappa shape index (κ1) is 20.2. The number of hydrogen-bond donors (Lipinski definition) is 2. The van der Waals surface area contributed by atoms with E-state index in [1.54, 1.807) is 12.3 Å². The van der Waals surface area contributed by atoms with Gasteiger partial charge in [0.25, 0.3) is 11.8 Å². The van der Waals surface area contributed by atoms with Gasteiger partial charge in [-0.3, -0.25) is 24.6 Å². The van der Waals surface area contributed by atoms with Crippen molar-refractivity contribution in [2.75, 3.05) is 20.2 Å². The van der Waals surface area contributed by atoms with Gasteiger partial charge in [0.15, 0.2) is 5.11 Å². The number of amides is 3. The fourth-order valence-electron chi connectivity index (χ4n) is 3.67. The largest absolute Gasteiger partial charge is 0.376 e. The van der Waals surface area contributed by atoms with Gasteiger partial charge in [-0.15, -0.1) is 0 Å². The van der Waals surface area contributed by atoms with E-state index in [9.17, 15) is 14.4 Å². The predicted octanol–water partition coefficient (Wildman–Crippen LogP) is 1.19. The minimum Gasteiger partial charge on any atom is -0.376 e. The molecule has 0 radical (unpaired) electrons. The van der Waals surface area contributed by atoms with Gasteiger partial charge in [-0.05, 0) is 37.2 Å². The summed E-state index contributed by atoms with van der Waals surface area (Å²) in [7, 11) is 1.51. The van der Waals surface area contributed by atoms with Gasteiger partial charge in [-0.2, -0.15) is 0 Å². The van der Waals surface area contributed by atoms with Crippen molar-refractivity contribution < 1.29 is 19.1 Å². The second-order valence-corrected chi connectivity index (χ2v) is 7.74. The van der Waals surface area contributed by atoms with E-state index in [1.807, 2.05) is 28.8 Å². The summed E-state index contributed by atoms with van der Waals surface area (Å²) in [6.45, 7) is 1.36. The SMILES string of the molecule is CN1C(=O)/C(=C\c2cn(CC(=O)NC[C@H]3CCCO3)c3ccccc23)C(=O)NC1=S. The number of rotatable bonds is 5. The molecular weight excluding hydrogens is 404 g/mol. The summed E-state index contributed by atoms with van der Waals surface area (Å²) in [6.07, 6.45) is 5.37.